The molecular weight excluding hydrogens is 360 g/mol. The Morgan fingerprint density at radius 3 is 2.11 bits per heavy atom. The molecule has 6 heteroatoms. The van der Waals surface area contributed by atoms with Crippen molar-refractivity contribution in [2.75, 3.05) is 13.1 Å². The summed E-state index contributed by atoms with van der Waals surface area (Å²) < 4.78 is 27.0. The Morgan fingerprint density at radius 2 is 1.56 bits per heavy atom. The fourth-order valence-corrected chi connectivity index (χ4v) is 4.49. The van der Waals surface area contributed by atoms with Crippen molar-refractivity contribution >= 4 is 15.9 Å². The highest BCUT2D eigenvalue weighted by Crippen LogP contribution is 2.17. The molecule has 2 rings (SSSR count). The lowest BCUT2D eigenvalue weighted by Gasteiger charge is -2.21. The molecule has 0 fully saturated rings. The second-order valence-electron chi connectivity index (χ2n) is 6.54. The van der Waals surface area contributed by atoms with Gasteiger partial charge < -0.3 is 5.32 Å². The first kappa shape index (κ1) is 21.1. The number of sulfonamides is 1. The van der Waals surface area contributed by atoms with E-state index in [1.165, 1.54) is 16.4 Å². The van der Waals surface area contributed by atoms with Crippen LogP contribution in [0.1, 0.15) is 48.2 Å². The summed E-state index contributed by atoms with van der Waals surface area (Å²) in [6.07, 6.45) is 1.53. The summed E-state index contributed by atoms with van der Waals surface area (Å²) in [7, 11) is -3.53. The SMILES string of the molecule is CCCN(CCC)S(=O)(=O)c1ccc(C(=O)NCc2ccccc2C)cc1. The number of hydrogen-bond acceptors (Lipinski definition) is 3. The lowest BCUT2D eigenvalue weighted by atomic mass is 10.1. The average Bonchev–Trinajstić information content (AvgIpc) is 2.67. The predicted octanol–water partition coefficient (Wildman–Crippen LogP) is 3.74. The number of hydrogen-bond donors (Lipinski definition) is 1. The van der Waals surface area contributed by atoms with Crippen molar-refractivity contribution in [2.45, 2.75) is 45.1 Å². The highest BCUT2D eigenvalue weighted by Gasteiger charge is 2.23. The van der Waals surface area contributed by atoms with Crippen LogP contribution in [0.4, 0.5) is 0 Å². The third-order valence-electron chi connectivity index (χ3n) is 4.40. The molecule has 0 heterocycles. The molecule has 2 aromatic rings. The normalized spacial score (nSPS) is 11.6. The smallest absolute Gasteiger partial charge is 0.251 e. The van der Waals surface area contributed by atoms with Gasteiger partial charge in [0.25, 0.3) is 5.91 Å². The minimum absolute atomic E-state index is 0.221. The monoisotopic (exact) mass is 388 g/mol. The summed E-state index contributed by atoms with van der Waals surface area (Å²) in [6, 6.07) is 14.0. The van der Waals surface area contributed by atoms with Crippen LogP contribution in [0.2, 0.25) is 0 Å². The number of amides is 1. The molecule has 5 nitrogen and oxygen atoms in total. The van der Waals surface area contributed by atoms with Gasteiger partial charge in [-0.1, -0.05) is 38.1 Å². The molecule has 0 saturated carbocycles. The van der Waals surface area contributed by atoms with Gasteiger partial charge >= 0.3 is 0 Å². The standard InChI is InChI=1S/C21H28N2O3S/c1-4-14-23(15-5-2)27(25,26)20-12-10-18(11-13-20)21(24)22-16-19-9-7-6-8-17(19)3/h6-13H,4-5,14-16H2,1-3H3,(H,22,24). The van der Waals surface area contributed by atoms with Gasteiger partial charge in [0, 0.05) is 25.2 Å². The molecule has 0 saturated heterocycles. The molecule has 27 heavy (non-hydrogen) atoms. The molecule has 0 unspecified atom stereocenters. The number of carbonyl (C=O) groups is 1. The van der Waals surface area contributed by atoms with Gasteiger partial charge in [-0.3, -0.25) is 4.79 Å². The van der Waals surface area contributed by atoms with Crippen molar-refractivity contribution < 1.29 is 13.2 Å². The van der Waals surface area contributed by atoms with E-state index < -0.39 is 10.0 Å². The van der Waals surface area contributed by atoms with Crippen molar-refractivity contribution in [3.8, 4) is 0 Å². The number of aryl methyl sites for hydroxylation is 1. The molecule has 0 radical (unpaired) electrons. The van der Waals surface area contributed by atoms with Crippen molar-refractivity contribution in [3.05, 3.63) is 65.2 Å². The van der Waals surface area contributed by atoms with Gasteiger partial charge in [-0.25, -0.2) is 8.42 Å². The van der Waals surface area contributed by atoms with E-state index in [-0.39, 0.29) is 10.8 Å². The lowest BCUT2D eigenvalue weighted by Crippen LogP contribution is -2.32. The van der Waals surface area contributed by atoms with Crippen LogP contribution in [0.15, 0.2) is 53.4 Å². The van der Waals surface area contributed by atoms with Crippen LogP contribution in [0.3, 0.4) is 0 Å². The Bertz CT molecular complexity index is 855. The zero-order valence-electron chi connectivity index (χ0n) is 16.2. The van der Waals surface area contributed by atoms with Crippen LogP contribution < -0.4 is 5.32 Å². The summed E-state index contributed by atoms with van der Waals surface area (Å²) in [4.78, 5) is 12.6. The van der Waals surface area contributed by atoms with E-state index in [9.17, 15) is 13.2 Å². The van der Waals surface area contributed by atoms with Crippen LogP contribution in [-0.4, -0.2) is 31.7 Å². The van der Waals surface area contributed by atoms with Crippen LogP contribution in [0.25, 0.3) is 0 Å². The maximum Gasteiger partial charge on any atom is 0.251 e. The fourth-order valence-electron chi connectivity index (χ4n) is 2.86. The molecular formula is C21H28N2O3S. The third-order valence-corrected chi connectivity index (χ3v) is 6.31. The van der Waals surface area contributed by atoms with Gasteiger partial charge in [0.15, 0.2) is 0 Å². The summed E-state index contributed by atoms with van der Waals surface area (Å²) in [5.74, 6) is -0.221. The zero-order valence-corrected chi connectivity index (χ0v) is 17.1. The molecule has 0 bridgehead atoms. The second kappa shape index (κ2) is 9.67. The van der Waals surface area contributed by atoms with E-state index in [0.717, 1.165) is 24.0 Å². The Hall–Kier alpha value is -2.18. The molecule has 146 valence electrons. The molecule has 0 aliphatic carbocycles. The van der Waals surface area contributed by atoms with Crippen LogP contribution in [0, 0.1) is 6.92 Å². The summed E-state index contributed by atoms with van der Waals surface area (Å²) in [6.45, 7) is 7.34. The third kappa shape index (κ3) is 5.40. The van der Waals surface area contributed by atoms with Gasteiger partial charge in [0.05, 0.1) is 4.90 Å². The van der Waals surface area contributed by atoms with E-state index >= 15 is 0 Å². The number of benzene rings is 2. The van der Waals surface area contributed by atoms with Gasteiger partial charge in [0.2, 0.25) is 10.0 Å². The van der Waals surface area contributed by atoms with Crippen molar-refractivity contribution in [2.24, 2.45) is 0 Å². The van der Waals surface area contributed by atoms with Gasteiger partial charge in [-0.05, 0) is 55.2 Å². The van der Waals surface area contributed by atoms with E-state index in [0.29, 0.717) is 25.2 Å². The van der Waals surface area contributed by atoms with Crippen molar-refractivity contribution in [3.63, 3.8) is 0 Å². The largest absolute Gasteiger partial charge is 0.348 e. The number of carbonyl (C=O) groups excluding carboxylic acids is 1. The number of nitrogens with one attached hydrogen (secondary N) is 1. The zero-order chi connectivity index (χ0) is 19.9. The first-order valence-electron chi connectivity index (χ1n) is 9.33. The fraction of sp³-hybridized carbons (Fsp3) is 0.381. The molecule has 0 aliphatic rings. The van der Waals surface area contributed by atoms with Gasteiger partial charge in [-0.2, -0.15) is 4.31 Å². The lowest BCUT2D eigenvalue weighted by molar-refractivity contribution is 0.0950. The van der Waals surface area contributed by atoms with Crippen LogP contribution >= 0.6 is 0 Å². The second-order valence-corrected chi connectivity index (χ2v) is 8.48. The number of nitrogens with zero attached hydrogens (tertiary/aromatic N) is 1. The molecule has 1 N–H and O–H groups in total. The number of rotatable bonds is 9. The summed E-state index contributed by atoms with van der Waals surface area (Å²) in [5, 5.41) is 2.88. The quantitative estimate of drug-likeness (QED) is 0.712. The average molecular weight is 389 g/mol. The molecule has 2 aromatic carbocycles. The molecule has 0 spiro atoms. The van der Waals surface area contributed by atoms with E-state index in [1.54, 1.807) is 12.1 Å². The minimum Gasteiger partial charge on any atom is -0.348 e. The van der Waals surface area contributed by atoms with Crippen molar-refractivity contribution in [1.29, 1.82) is 0 Å². The maximum atomic E-state index is 12.8. The Balaban J connectivity index is 2.09. The first-order chi connectivity index (χ1) is 12.9. The first-order valence-corrected chi connectivity index (χ1v) is 10.8. The van der Waals surface area contributed by atoms with Crippen LogP contribution in [-0.2, 0) is 16.6 Å². The molecule has 0 aromatic heterocycles. The van der Waals surface area contributed by atoms with Crippen molar-refractivity contribution in [1.82, 2.24) is 9.62 Å². The molecule has 1 amide bonds. The van der Waals surface area contributed by atoms with E-state index in [2.05, 4.69) is 5.32 Å². The van der Waals surface area contributed by atoms with E-state index in [1.807, 2.05) is 45.0 Å². The Kier molecular flexibility index (Phi) is 7.56. The molecule has 0 atom stereocenters. The maximum absolute atomic E-state index is 12.8. The Labute approximate surface area is 162 Å². The minimum atomic E-state index is -3.53. The highest BCUT2D eigenvalue weighted by atomic mass is 32.2. The van der Waals surface area contributed by atoms with Gasteiger partial charge in [-0.15, -0.1) is 0 Å². The van der Waals surface area contributed by atoms with Gasteiger partial charge in [0.1, 0.15) is 0 Å². The topological polar surface area (TPSA) is 66.5 Å². The van der Waals surface area contributed by atoms with Crippen LogP contribution in [0.5, 0.6) is 0 Å². The summed E-state index contributed by atoms with van der Waals surface area (Å²) in [5.41, 5.74) is 2.62. The predicted molar refractivity (Wildman–Crippen MR) is 108 cm³/mol. The Morgan fingerprint density at radius 1 is 0.963 bits per heavy atom. The van der Waals surface area contributed by atoms with E-state index in [4.69, 9.17) is 0 Å². The highest BCUT2D eigenvalue weighted by molar-refractivity contribution is 7.89. The molecule has 0 aliphatic heterocycles. The summed E-state index contributed by atoms with van der Waals surface area (Å²) >= 11 is 0.